The highest BCUT2D eigenvalue weighted by Gasteiger charge is 2.16. The number of nitrogens with zero attached hydrogens (tertiary/aromatic N) is 1. The molecule has 0 saturated heterocycles. The number of halogens is 2. The van der Waals surface area contributed by atoms with Crippen molar-refractivity contribution in [2.45, 2.75) is 33.4 Å². The molecular formula is C12H18BrFN2. The summed E-state index contributed by atoms with van der Waals surface area (Å²) in [5, 5.41) is 0. The van der Waals surface area contributed by atoms with E-state index in [1.54, 1.807) is 6.07 Å². The van der Waals surface area contributed by atoms with Crippen LogP contribution in [0.4, 0.5) is 10.1 Å². The van der Waals surface area contributed by atoms with Gasteiger partial charge in [-0.3, -0.25) is 0 Å². The van der Waals surface area contributed by atoms with Gasteiger partial charge in [-0.25, -0.2) is 4.39 Å². The van der Waals surface area contributed by atoms with E-state index < -0.39 is 0 Å². The Morgan fingerprint density at radius 3 is 2.50 bits per heavy atom. The lowest BCUT2D eigenvalue weighted by atomic mass is 10.1. The number of nitrogens with two attached hydrogens (primary N) is 1. The van der Waals surface area contributed by atoms with Crippen molar-refractivity contribution in [1.29, 1.82) is 0 Å². The normalized spacial score (nSPS) is 10.9. The third kappa shape index (κ3) is 2.55. The van der Waals surface area contributed by atoms with Crippen molar-refractivity contribution in [3.63, 3.8) is 0 Å². The van der Waals surface area contributed by atoms with E-state index in [2.05, 4.69) is 15.9 Å². The summed E-state index contributed by atoms with van der Waals surface area (Å²) in [5.74, 6) is -0.224. The highest BCUT2D eigenvalue weighted by Crippen LogP contribution is 2.30. The fourth-order valence-electron chi connectivity index (χ4n) is 1.77. The van der Waals surface area contributed by atoms with Gasteiger partial charge in [0.05, 0.1) is 10.2 Å². The van der Waals surface area contributed by atoms with Crippen molar-refractivity contribution < 1.29 is 4.39 Å². The predicted molar refractivity (Wildman–Crippen MR) is 70.1 cm³/mol. The molecule has 0 atom stereocenters. The van der Waals surface area contributed by atoms with Crippen LogP contribution in [0.15, 0.2) is 16.6 Å². The maximum atomic E-state index is 14.1. The standard InChI is InChI=1S/C12H18BrFN2/c1-4-16(8(2)3)10-6-5-9(7-15)11(13)12(10)14/h5-6,8H,4,7,15H2,1-3H3. The van der Waals surface area contributed by atoms with Crippen molar-refractivity contribution in [3.8, 4) is 0 Å². The van der Waals surface area contributed by atoms with Gasteiger partial charge in [-0.05, 0) is 48.3 Å². The summed E-state index contributed by atoms with van der Waals surface area (Å²) in [6.45, 7) is 7.24. The van der Waals surface area contributed by atoms with E-state index >= 15 is 0 Å². The van der Waals surface area contributed by atoms with Gasteiger partial charge in [-0.2, -0.15) is 0 Å². The van der Waals surface area contributed by atoms with E-state index in [0.717, 1.165) is 12.1 Å². The smallest absolute Gasteiger partial charge is 0.160 e. The molecule has 4 heteroatoms. The van der Waals surface area contributed by atoms with Gasteiger partial charge in [-0.15, -0.1) is 0 Å². The number of hydrogen-bond acceptors (Lipinski definition) is 2. The maximum Gasteiger partial charge on any atom is 0.160 e. The van der Waals surface area contributed by atoms with Crippen LogP contribution in [0.25, 0.3) is 0 Å². The predicted octanol–water partition coefficient (Wildman–Crippen LogP) is 3.28. The summed E-state index contributed by atoms with van der Waals surface area (Å²) in [7, 11) is 0. The van der Waals surface area contributed by atoms with Crippen LogP contribution in [0.2, 0.25) is 0 Å². The quantitative estimate of drug-likeness (QED) is 0.921. The monoisotopic (exact) mass is 288 g/mol. The lowest BCUT2D eigenvalue weighted by molar-refractivity contribution is 0.596. The van der Waals surface area contributed by atoms with Gasteiger partial charge < -0.3 is 10.6 Å². The molecule has 0 spiro atoms. The second-order valence-corrected chi connectivity index (χ2v) is 4.75. The van der Waals surface area contributed by atoms with Gasteiger partial charge in [0.1, 0.15) is 0 Å². The molecule has 2 N–H and O–H groups in total. The maximum absolute atomic E-state index is 14.1. The topological polar surface area (TPSA) is 29.3 Å². The zero-order valence-corrected chi connectivity index (χ0v) is 11.5. The lowest BCUT2D eigenvalue weighted by Crippen LogP contribution is -2.31. The van der Waals surface area contributed by atoms with Crippen LogP contribution in [-0.4, -0.2) is 12.6 Å². The van der Waals surface area contributed by atoms with Crippen LogP contribution in [0, 0.1) is 5.82 Å². The summed E-state index contributed by atoms with van der Waals surface area (Å²) in [4.78, 5) is 2.01. The van der Waals surface area contributed by atoms with Gasteiger partial charge in [0, 0.05) is 19.1 Å². The molecule has 0 aromatic heterocycles. The third-order valence-corrected chi connectivity index (χ3v) is 3.49. The molecule has 1 aromatic rings. The molecule has 0 radical (unpaired) electrons. The number of anilines is 1. The summed E-state index contributed by atoms with van der Waals surface area (Å²) in [6, 6.07) is 3.94. The molecule has 0 aliphatic heterocycles. The van der Waals surface area contributed by atoms with E-state index in [-0.39, 0.29) is 11.9 Å². The average Bonchev–Trinajstić information content (AvgIpc) is 2.25. The lowest BCUT2D eigenvalue weighted by Gasteiger charge is -2.28. The Kier molecular flexibility index (Phi) is 4.74. The largest absolute Gasteiger partial charge is 0.367 e. The van der Waals surface area contributed by atoms with Crippen LogP contribution in [0.5, 0.6) is 0 Å². The van der Waals surface area contributed by atoms with E-state index in [1.807, 2.05) is 31.7 Å². The molecule has 16 heavy (non-hydrogen) atoms. The van der Waals surface area contributed by atoms with E-state index in [4.69, 9.17) is 5.73 Å². The molecule has 0 fully saturated rings. The highest BCUT2D eigenvalue weighted by molar-refractivity contribution is 9.10. The Morgan fingerprint density at radius 2 is 2.06 bits per heavy atom. The summed E-state index contributed by atoms with van der Waals surface area (Å²) < 4.78 is 14.6. The molecule has 0 amide bonds. The van der Waals surface area contributed by atoms with Gasteiger partial charge in [0.2, 0.25) is 0 Å². The first-order chi connectivity index (χ1) is 7.52. The molecule has 0 aliphatic rings. The molecular weight excluding hydrogens is 271 g/mol. The molecule has 2 nitrogen and oxygen atoms in total. The minimum Gasteiger partial charge on any atom is -0.367 e. The minimum atomic E-state index is -0.224. The van der Waals surface area contributed by atoms with Crippen molar-refractivity contribution in [2.24, 2.45) is 5.73 Å². The average molecular weight is 289 g/mol. The van der Waals surface area contributed by atoms with Gasteiger partial charge in [0.25, 0.3) is 0 Å². The van der Waals surface area contributed by atoms with Crippen LogP contribution in [0.1, 0.15) is 26.3 Å². The Labute approximate surface area is 105 Å². The fraction of sp³-hybridized carbons (Fsp3) is 0.500. The first kappa shape index (κ1) is 13.5. The third-order valence-electron chi connectivity index (χ3n) is 2.64. The first-order valence-electron chi connectivity index (χ1n) is 5.46. The summed E-state index contributed by atoms with van der Waals surface area (Å²) in [5.41, 5.74) is 6.95. The van der Waals surface area contributed by atoms with E-state index in [0.29, 0.717) is 16.7 Å². The minimum absolute atomic E-state index is 0.224. The molecule has 1 aromatic carbocycles. The van der Waals surface area contributed by atoms with Crippen molar-refractivity contribution in [3.05, 3.63) is 28.0 Å². The van der Waals surface area contributed by atoms with E-state index in [9.17, 15) is 4.39 Å². The highest BCUT2D eigenvalue weighted by atomic mass is 79.9. The Hall–Kier alpha value is -0.610. The molecule has 1 rings (SSSR count). The second-order valence-electron chi connectivity index (χ2n) is 3.96. The van der Waals surface area contributed by atoms with Gasteiger partial charge in [-0.1, -0.05) is 6.07 Å². The fourth-order valence-corrected chi connectivity index (χ4v) is 2.27. The number of benzene rings is 1. The van der Waals surface area contributed by atoms with Crippen LogP contribution in [0.3, 0.4) is 0 Å². The van der Waals surface area contributed by atoms with Crippen molar-refractivity contribution in [2.75, 3.05) is 11.4 Å². The second kappa shape index (κ2) is 5.64. The Bertz CT molecular complexity index is 366. The van der Waals surface area contributed by atoms with Crippen molar-refractivity contribution in [1.82, 2.24) is 0 Å². The zero-order valence-electron chi connectivity index (χ0n) is 9.93. The summed E-state index contributed by atoms with van der Waals surface area (Å²) >= 11 is 3.26. The summed E-state index contributed by atoms with van der Waals surface area (Å²) in [6.07, 6.45) is 0. The molecule has 0 saturated carbocycles. The van der Waals surface area contributed by atoms with E-state index in [1.165, 1.54) is 0 Å². The van der Waals surface area contributed by atoms with Crippen LogP contribution in [-0.2, 0) is 6.54 Å². The number of hydrogen-bond donors (Lipinski definition) is 1. The molecule has 0 bridgehead atoms. The van der Waals surface area contributed by atoms with Crippen molar-refractivity contribution >= 4 is 21.6 Å². The van der Waals surface area contributed by atoms with Crippen LogP contribution < -0.4 is 10.6 Å². The first-order valence-corrected chi connectivity index (χ1v) is 6.25. The molecule has 0 heterocycles. The SMILES string of the molecule is CCN(c1ccc(CN)c(Br)c1F)C(C)C. The Morgan fingerprint density at radius 1 is 1.44 bits per heavy atom. The zero-order chi connectivity index (χ0) is 12.3. The molecule has 0 unspecified atom stereocenters. The molecule has 0 aliphatic carbocycles. The Balaban J connectivity index is 3.20. The van der Waals surface area contributed by atoms with Crippen LogP contribution >= 0.6 is 15.9 Å². The van der Waals surface area contributed by atoms with Gasteiger partial charge in [0.15, 0.2) is 5.82 Å². The molecule has 90 valence electrons. The number of rotatable bonds is 4. The van der Waals surface area contributed by atoms with Gasteiger partial charge >= 0.3 is 0 Å².